The van der Waals surface area contributed by atoms with Gasteiger partial charge in [-0.2, -0.15) is 0 Å². The third-order valence-corrected chi connectivity index (χ3v) is 2.79. The first kappa shape index (κ1) is 11.9. The molecular weight excluding hydrogens is 210 g/mol. The van der Waals surface area contributed by atoms with E-state index >= 15 is 0 Å². The molecule has 3 nitrogen and oxygen atoms in total. The molecule has 0 saturated carbocycles. The number of aromatic hydroxyl groups is 1. The zero-order valence-electron chi connectivity index (χ0n) is 8.69. The van der Waals surface area contributed by atoms with E-state index in [1.165, 1.54) is 11.8 Å². The Kier molecular flexibility index (Phi) is 5.04. The summed E-state index contributed by atoms with van der Waals surface area (Å²) in [6.07, 6.45) is 0.954. The van der Waals surface area contributed by atoms with Crippen molar-refractivity contribution in [3.8, 4) is 5.75 Å². The van der Waals surface area contributed by atoms with E-state index in [2.05, 4.69) is 5.32 Å². The summed E-state index contributed by atoms with van der Waals surface area (Å²) >= 11 is 1.46. The average Bonchev–Trinajstić information content (AvgIpc) is 2.25. The van der Waals surface area contributed by atoms with E-state index in [-0.39, 0.29) is 11.7 Å². The van der Waals surface area contributed by atoms with E-state index in [1.807, 2.05) is 6.92 Å². The van der Waals surface area contributed by atoms with E-state index in [9.17, 15) is 4.79 Å². The number of thioether (sulfide) groups is 1. The third-order valence-electron chi connectivity index (χ3n) is 1.78. The molecule has 0 unspecified atom stereocenters. The van der Waals surface area contributed by atoms with E-state index < -0.39 is 0 Å². The van der Waals surface area contributed by atoms with Gasteiger partial charge >= 0.3 is 0 Å². The number of phenols is 1. The number of nitrogens with one attached hydrogen (secondary N) is 1. The zero-order valence-corrected chi connectivity index (χ0v) is 9.51. The second kappa shape index (κ2) is 6.35. The van der Waals surface area contributed by atoms with Crippen molar-refractivity contribution in [1.29, 1.82) is 0 Å². The van der Waals surface area contributed by atoms with Crippen LogP contribution in [-0.2, 0) is 4.79 Å². The van der Waals surface area contributed by atoms with Crippen molar-refractivity contribution in [3.63, 3.8) is 0 Å². The van der Waals surface area contributed by atoms with E-state index in [0.29, 0.717) is 5.75 Å². The molecule has 0 heterocycles. The molecule has 4 heteroatoms. The Morgan fingerprint density at radius 3 is 2.67 bits per heavy atom. The first-order valence-electron chi connectivity index (χ1n) is 4.91. The molecule has 2 N–H and O–H groups in total. The highest BCUT2D eigenvalue weighted by atomic mass is 32.2. The summed E-state index contributed by atoms with van der Waals surface area (Å²) in [6.45, 7) is 2.75. The number of benzene rings is 1. The van der Waals surface area contributed by atoms with Gasteiger partial charge in [0.25, 0.3) is 0 Å². The molecule has 0 aromatic heterocycles. The Morgan fingerprint density at radius 1 is 1.40 bits per heavy atom. The molecular formula is C11H15NO2S. The highest BCUT2D eigenvalue weighted by molar-refractivity contribution is 8.00. The van der Waals surface area contributed by atoms with Gasteiger partial charge in [-0.3, -0.25) is 4.79 Å². The second-order valence-corrected chi connectivity index (χ2v) is 4.18. The molecule has 82 valence electrons. The molecule has 0 fully saturated rings. The first-order chi connectivity index (χ1) is 7.22. The Balaban J connectivity index is 2.30. The number of carbonyl (C=O) groups is 1. The summed E-state index contributed by atoms with van der Waals surface area (Å²) in [5.41, 5.74) is 0. The van der Waals surface area contributed by atoms with Gasteiger partial charge in [-0.15, -0.1) is 11.8 Å². The maximum Gasteiger partial charge on any atom is 0.230 e. The normalized spacial score (nSPS) is 9.93. The molecule has 15 heavy (non-hydrogen) atoms. The molecule has 0 radical (unpaired) electrons. The molecule has 0 aliphatic heterocycles. The van der Waals surface area contributed by atoms with Gasteiger partial charge in [0.15, 0.2) is 0 Å². The minimum atomic E-state index is 0.0509. The lowest BCUT2D eigenvalue weighted by Gasteiger charge is -2.03. The molecule has 1 aromatic rings. The number of amides is 1. The molecule has 0 aliphatic rings. The van der Waals surface area contributed by atoms with Crippen LogP contribution in [0.2, 0.25) is 0 Å². The molecule has 1 amide bonds. The number of hydrogen-bond donors (Lipinski definition) is 2. The van der Waals surface area contributed by atoms with Gasteiger partial charge in [0.1, 0.15) is 5.75 Å². The van der Waals surface area contributed by atoms with Crippen molar-refractivity contribution in [2.24, 2.45) is 0 Å². The Hall–Kier alpha value is -1.16. The number of hydrogen-bond acceptors (Lipinski definition) is 3. The highest BCUT2D eigenvalue weighted by Crippen LogP contribution is 2.20. The summed E-state index contributed by atoms with van der Waals surface area (Å²) in [7, 11) is 0. The van der Waals surface area contributed by atoms with Crippen molar-refractivity contribution < 1.29 is 9.90 Å². The topological polar surface area (TPSA) is 49.3 Å². The second-order valence-electron chi connectivity index (χ2n) is 3.13. The maximum atomic E-state index is 11.3. The molecule has 0 saturated heterocycles. The van der Waals surface area contributed by atoms with Crippen LogP contribution in [0.25, 0.3) is 0 Å². The predicted octanol–water partition coefficient (Wildman–Crippen LogP) is 2.01. The third kappa shape index (κ3) is 4.74. The van der Waals surface area contributed by atoms with Crippen LogP contribution < -0.4 is 5.32 Å². The van der Waals surface area contributed by atoms with Gasteiger partial charge in [-0.1, -0.05) is 6.92 Å². The van der Waals surface area contributed by atoms with Gasteiger partial charge in [0.05, 0.1) is 5.75 Å². The Bertz CT molecular complexity index is 311. The lowest BCUT2D eigenvalue weighted by atomic mass is 10.3. The van der Waals surface area contributed by atoms with Crippen molar-refractivity contribution >= 4 is 17.7 Å². The summed E-state index contributed by atoms with van der Waals surface area (Å²) < 4.78 is 0. The molecule has 1 rings (SSSR count). The van der Waals surface area contributed by atoms with E-state index in [0.717, 1.165) is 17.9 Å². The van der Waals surface area contributed by atoms with E-state index in [1.54, 1.807) is 24.3 Å². The molecule has 0 atom stereocenters. The lowest BCUT2D eigenvalue weighted by molar-refractivity contribution is -0.118. The fraction of sp³-hybridized carbons (Fsp3) is 0.364. The maximum absolute atomic E-state index is 11.3. The minimum absolute atomic E-state index is 0.0509. The summed E-state index contributed by atoms with van der Waals surface area (Å²) in [4.78, 5) is 12.2. The van der Waals surface area contributed by atoms with Crippen LogP contribution in [0.15, 0.2) is 29.2 Å². The predicted molar refractivity (Wildman–Crippen MR) is 62.1 cm³/mol. The highest BCUT2D eigenvalue weighted by Gasteiger charge is 2.01. The molecule has 0 bridgehead atoms. The fourth-order valence-electron chi connectivity index (χ4n) is 1.01. The van der Waals surface area contributed by atoms with Crippen LogP contribution in [0.3, 0.4) is 0 Å². The smallest absolute Gasteiger partial charge is 0.230 e. The summed E-state index contributed by atoms with van der Waals surface area (Å²) in [6, 6.07) is 6.83. The molecule has 1 aromatic carbocycles. The van der Waals surface area contributed by atoms with Gasteiger partial charge in [0.2, 0.25) is 5.91 Å². The minimum Gasteiger partial charge on any atom is -0.508 e. The number of phenolic OH excluding ortho intramolecular Hbond substituents is 1. The summed E-state index contributed by atoms with van der Waals surface area (Å²) in [5, 5.41) is 11.9. The quantitative estimate of drug-likeness (QED) is 0.754. The summed E-state index contributed by atoms with van der Waals surface area (Å²) in [5.74, 6) is 0.717. The van der Waals surface area contributed by atoms with Crippen molar-refractivity contribution in [1.82, 2.24) is 5.32 Å². The van der Waals surface area contributed by atoms with Crippen molar-refractivity contribution in [2.45, 2.75) is 18.2 Å². The van der Waals surface area contributed by atoms with Crippen LogP contribution >= 0.6 is 11.8 Å². The van der Waals surface area contributed by atoms with Crippen LogP contribution in [0.1, 0.15) is 13.3 Å². The van der Waals surface area contributed by atoms with Crippen LogP contribution in [0.4, 0.5) is 0 Å². The number of carbonyl (C=O) groups excluding carboxylic acids is 1. The van der Waals surface area contributed by atoms with Gasteiger partial charge in [-0.05, 0) is 30.7 Å². The molecule has 0 spiro atoms. The first-order valence-corrected chi connectivity index (χ1v) is 5.89. The van der Waals surface area contributed by atoms with Crippen LogP contribution in [0.5, 0.6) is 5.75 Å². The van der Waals surface area contributed by atoms with Gasteiger partial charge in [0, 0.05) is 11.4 Å². The lowest BCUT2D eigenvalue weighted by Crippen LogP contribution is -2.25. The monoisotopic (exact) mass is 225 g/mol. The SMILES string of the molecule is CCCNC(=O)CSc1ccc(O)cc1. The molecule has 0 aliphatic carbocycles. The van der Waals surface area contributed by atoms with Crippen LogP contribution in [-0.4, -0.2) is 23.3 Å². The van der Waals surface area contributed by atoms with E-state index in [4.69, 9.17) is 5.11 Å². The standard InChI is InChI=1S/C11H15NO2S/c1-2-7-12-11(14)8-15-10-5-3-9(13)4-6-10/h3-6,13H,2,7-8H2,1H3,(H,12,14). The zero-order chi connectivity index (χ0) is 11.1. The van der Waals surface area contributed by atoms with Crippen molar-refractivity contribution in [2.75, 3.05) is 12.3 Å². The Labute approximate surface area is 93.9 Å². The fourth-order valence-corrected chi connectivity index (χ4v) is 1.74. The van der Waals surface area contributed by atoms with Gasteiger partial charge in [-0.25, -0.2) is 0 Å². The van der Waals surface area contributed by atoms with Crippen LogP contribution in [0, 0.1) is 0 Å². The average molecular weight is 225 g/mol. The van der Waals surface area contributed by atoms with Gasteiger partial charge < -0.3 is 10.4 Å². The van der Waals surface area contributed by atoms with Crippen molar-refractivity contribution in [3.05, 3.63) is 24.3 Å². The largest absolute Gasteiger partial charge is 0.508 e. The Morgan fingerprint density at radius 2 is 2.07 bits per heavy atom. The number of rotatable bonds is 5.